The molecule has 42 heavy (non-hydrogen) atoms. The second-order valence-electron chi connectivity index (χ2n) is 7.34. The van der Waals surface area contributed by atoms with Crippen LogP contribution in [0.3, 0.4) is 0 Å². The van der Waals surface area contributed by atoms with Gasteiger partial charge in [0, 0.05) is 48.5 Å². The minimum atomic E-state index is 0. The van der Waals surface area contributed by atoms with Crippen molar-refractivity contribution in [3.05, 3.63) is 98.1 Å². The first-order valence-corrected chi connectivity index (χ1v) is 11.1. The third-order valence-electron chi connectivity index (χ3n) is 5.14. The van der Waals surface area contributed by atoms with E-state index in [0.717, 1.165) is 13.1 Å². The van der Waals surface area contributed by atoms with Gasteiger partial charge in [0.1, 0.15) is 40.8 Å². The lowest BCUT2D eigenvalue weighted by Crippen LogP contribution is -3.00. The van der Waals surface area contributed by atoms with Gasteiger partial charge < -0.3 is 43.6 Å². The maximum atomic E-state index is 8.00. The van der Waals surface area contributed by atoms with Gasteiger partial charge in [-0.05, 0) is 36.1 Å². The highest BCUT2D eigenvalue weighted by Crippen LogP contribution is 2.16. The summed E-state index contributed by atoms with van der Waals surface area (Å²) in [5.41, 5.74) is 5.05. The zero-order valence-corrected chi connectivity index (χ0v) is 28.8. The van der Waals surface area contributed by atoms with Gasteiger partial charge in [-0.3, -0.25) is 0 Å². The summed E-state index contributed by atoms with van der Waals surface area (Å²) in [6.45, 7) is 10.3. The van der Waals surface area contributed by atoms with Crippen LogP contribution in [0.1, 0.15) is 43.6 Å². The molecule has 0 aliphatic carbocycles. The molecule has 10 heteroatoms. The van der Waals surface area contributed by atoms with Crippen LogP contribution in [0.5, 0.6) is 0 Å². The van der Waals surface area contributed by atoms with Crippen LogP contribution in [-0.4, -0.2) is 13.6 Å². The lowest BCUT2D eigenvalue weighted by molar-refractivity contribution is -0.693. The van der Waals surface area contributed by atoms with Crippen LogP contribution in [0.15, 0.2) is 98.1 Å². The molecule has 4 aromatic rings. The van der Waals surface area contributed by atoms with Crippen molar-refractivity contribution in [3.8, 4) is 22.3 Å². The SMILES string of the molecule is Br.Br.C.C.C.C.C=O.C=O.CC[n+]1ccc(-c2cc[n+](C)cc2)cc1.CC[n+]1ccc(-c2cc[n+](C)cc2)cc1.[Br-].[Br-]. The van der Waals surface area contributed by atoms with Crippen molar-refractivity contribution in [1.29, 1.82) is 0 Å². The average molecular weight is 846 g/mol. The fourth-order valence-corrected chi connectivity index (χ4v) is 3.11. The van der Waals surface area contributed by atoms with Gasteiger partial charge in [0.15, 0.2) is 49.6 Å². The van der Waals surface area contributed by atoms with Crippen molar-refractivity contribution in [2.45, 2.75) is 56.6 Å². The number of hydrogen-bond acceptors (Lipinski definition) is 2. The smallest absolute Gasteiger partial charge is 0.169 e. The van der Waals surface area contributed by atoms with E-state index in [9.17, 15) is 0 Å². The molecule has 0 unspecified atom stereocenters. The van der Waals surface area contributed by atoms with Crippen LogP contribution in [0, 0.1) is 0 Å². The number of nitrogens with zero attached hydrogens (tertiary/aromatic N) is 4. The summed E-state index contributed by atoms with van der Waals surface area (Å²) in [6.07, 6.45) is 16.7. The second-order valence-corrected chi connectivity index (χ2v) is 7.34. The summed E-state index contributed by atoms with van der Waals surface area (Å²) in [4.78, 5) is 16.0. The summed E-state index contributed by atoms with van der Waals surface area (Å²) in [7, 11) is 4.06. The minimum Gasteiger partial charge on any atom is -1.00 e. The van der Waals surface area contributed by atoms with Gasteiger partial charge in [-0.25, -0.2) is 18.3 Å². The molecule has 0 bridgehead atoms. The van der Waals surface area contributed by atoms with Crippen molar-refractivity contribution in [2.75, 3.05) is 0 Å². The Kier molecular flexibility index (Phi) is 49.5. The molecule has 0 saturated heterocycles. The lowest BCUT2D eigenvalue weighted by Gasteiger charge is -1.98. The Bertz CT molecular complexity index is 1010. The number of aryl methyl sites for hydroxylation is 4. The molecule has 0 N–H and O–H groups in total. The molecule has 0 aliphatic heterocycles. The van der Waals surface area contributed by atoms with Crippen LogP contribution < -0.4 is 52.2 Å². The standard InChI is InChI=1S/2C13H16N2.2CH2O.4CH4.4BrH/c2*1-3-15-10-6-13(7-11-15)12-4-8-14(2)9-5-12;2*1-2;;;;;;;;/h2*4-11H,3H2,1-2H3;2*1H2;4*1H4;4*1H/q2*+2;;;;;;;;;;/p-2. The normalized spacial score (nSPS) is 7.52. The van der Waals surface area contributed by atoms with E-state index in [1.165, 1.54) is 22.3 Å². The Morgan fingerprint density at radius 2 is 0.619 bits per heavy atom. The Hall–Kier alpha value is -2.14. The van der Waals surface area contributed by atoms with Crippen LogP contribution in [0.4, 0.5) is 0 Å². The quantitative estimate of drug-likeness (QED) is 0.278. The topological polar surface area (TPSA) is 49.7 Å². The second kappa shape index (κ2) is 35.1. The van der Waals surface area contributed by atoms with Crippen LogP contribution in [0.25, 0.3) is 22.3 Å². The highest BCUT2D eigenvalue weighted by atomic mass is 79.9. The number of hydrogen-bond donors (Lipinski definition) is 0. The van der Waals surface area contributed by atoms with E-state index >= 15 is 0 Å². The van der Waals surface area contributed by atoms with Crippen LogP contribution in [-0.2, 0) is 36.8 Å². The van der Waals surface area contributed by atoms with E-state index in [4.69, 9.17) is 9.59 Å². The first kappa shape index (κ1) is 59.3. The molecule has 0 amide bonds. The van der Waals surface area contributed by atoms with Crippen molar-refractivity contribution in [2.24, 2.45) is 14.1 Å². The summed E-state index contributed by atoms with van der Waals surface area (Å²) in [5.74, 6) is 0. The van der Waals surface area contributed by atoms with E-state index in [2.05, 4.69) is 121 Å². The molecule has 4 heterocycles. The predicted molar refractivity (Wildman–Crippen MR) is 180 cm³/mol. The molecule has 0 saturated carbocycles. The Morgan fingerprint density at radius 1 is 0.452 bits per heavy atom. The molecule has 0 aliphatic rings. The summed E-state index contributed by atoms with van der Waals surface area (Å²) < 4.78 is 8.40. The molecular weight excluding hydrogens is 792 g/mol. The van der Waals surface area contributed by atoms with Crippen LogP contribution >= 0.6 is 34.0 Å². The van der Waals surface area contributed by atoms with Crippen molar-refractivity contribution in [1.82, 2.24) is 0 Å². The van der Waals surface area contributed by atoms with E-state index in [-0.39, 0.29) is 97.6 Å². The maximum absolute atomic E-state index is 8.00. The number of halogens is 4. The van der Waals surface area contributed by atoms with Gasteiger partial charge in [-0.2, -0.15) is 0 Å². The first-order chi connectivity index (χ1) is 16.6. The number of carbonyl (C=O) groups is 2. The van der Waals surface area contributed by atoms with Crippen LogP contribution in [0.2, 0.25) is 0 Å². The van der Waals surface area contributed by atoms with Crippen molar-refractivity contribution >= 4 is 47.5 Å². The molecule has 0 spiro atoms. The van der Waals surface area contributed by atoms with Gasteiger partial charge in [-0.1, -0.05) is 29.7 Å². The first-order valence-electron chi connectivity index (χ1n) is 11.1. The highest BCUT2D eigenvalue weighted by molar-refractivity contribution is 8.93. The van der Waals surface area contributed by atoms with E-state index in [1.807, 2.05) is 36.8 Å². The van der Waals surface area contributed by atoms with Gasteiger partial charge in [0.25, 0.3) is 0 Å². The monoisotopic (exact) mass is 842 g/mol. The molecule has 0 aromatic carbocycles. The number of pyridine rings is 4. The average Bonchev–Trinajstić information content (AvgIpc) is 2.92. The van der Waals surface area contributed by atoms with Crippen molar-refractivity contribution < 1.29 is 61.8 Å². The molecule has 240 valence electrons. The van der Waals surface area contributed by atoms with E-state index in [1.54, 1.807) is 0 Å². The lowest BCUT2D eigenvalue weighted by atomic mass is 10.1. The third-order valence-corrected chi connectivity index (χ3v) is 5.14. The predicted octanol–water partition coefficient (Wildman–Crippen LogP) is 0.309. The summed E-state index contributed by atoms with van der Waals surface area (Å²) >= 11 is 0. The molecule has 0 fully saturated rings. The minimum absolute atomic E-state index is 0. The largest absolute Gasteiger partial charge is 1.00 e. The fourth-order valence-electron chi connectivity index (χ4n) is 3.11. The van der Waals surface area contributed by atoms with Crippen molar-refractivity contribution in [3.63, 3.8) is 0 Å². The number of carbonyl (C=O) groups excluding carboxylic acids is 2. The van der Waals surface area contributed by atoms with Gasteiger partial charge in [-0.15, -0.1) is 34.0 Å². The zero-order chi connectivity index (χ0) is 25.3. The summed E-state index contributed by atoms with van der Waals surface area (Å²) in [5, 5.41) is 0. The zero-order valence-electron chi connectivity index (χ0n) is 22.2. The highest BCUT2D eigenvalue weighted by Gasteiger charge is 2.03. The van der Waals surface area contributed by atoms with Gasteiger partial charge in [0.05, 0.1) is 0 Å². The molecule has 4 rings (SSSR count). The van der Waals surface area contributed by atoms with E-state index in [0.29, 0.717) is 0 Å². The maximum Gasteiger partial charge on any atom is 0.169 e. The van der Waals surface area contributed by atoms with Gasteiger partial charge in [0.2, 0.25) is 0 Å². The molecule has 0 radical (unpaired) electrons. The molecule has 6 nitrogen and oxygen atoms in total. The summed E-state index contributed by atoms with van der Waals surface area (Å²) in [6, 6.07) is 17.1. The molecular formula is C32H54Br4N4O2+2. The van der Waals surface area contributed by atoms with E-state index < -0.39 is 0 Å². The Balaban J connectivity index is -0.0000000700. The molecule has 0 atom stereocenters. The Morgan fingerprint density at radius 3 is 0.786 bits per heavy atom. The number of rotatable bonds is 4. The Labute approximate surface area is 298 Å². The molecule has 4 aromatic heterocycles. The van der Waals surface area contributed by atoms with Gasteiger partial charge >= 0.3 is 0 Å². The fraction of sp³-hybridized carbons (Fsp3) is 0.312. The third kappa shape index (κ3) is 20.7. The number of aromatic nitrogens is 4.